The average molecular weight is 545 g/mol. The second-order valence-electron chi connectivity index (χ2n) is 11.0. The van der Waals surface area contributed by atoms with Crippen molar-refractivity contribution in [2.45, 2.75) is 63.9 Å². The van der Waals surface area contributed by atoms with Gasteiger partial charge in [0, 0.05) is 18.9 Å². The van der Waals surface area contributed by atoms with E-state index in [1.807, 2.05) is 84.9 Å². The van der Waals surface area contributed by atoms with E-state index >= 15 is 0 Å². The molecular weight excluding hydrogens is 504 g/mol. The van der Waals surface area contributed by atoms with E-state index in [1.54, 1.807) is 0 Å². The molecule has 2 amide bonds. The monoisotopic (exact) mass is 544 g/mol. The largest absolute Gasteiger partial charge is 0.441 e. The Morgan fingerprint density at radius 2 is 1.57 bits per heavy atom. The Hall–Kier alpha value is -3.68. The zero-order valence-corrected chi connectivity index (χ0v) is 23.2. The molecule has 0 aliphatic heterocycles. The first-order valence-corrected chi connectivity index (χ1v) is 14.1. The molecular formula is C33H40N2O5. The van der Waals surface area contributed by atoms with Crippen LogP contribution < -0.4 is 10.6 Å². The Kier molecular flexibility index (Phi) is 10.3. The van der Waals surface area contributed by atoms with Crippen molar-refractivity contribution in [1.29, 1.82) is 0 Å². The summed E-state index contributed by atoms with van der Waals surface area (Å²) < 4.78 is 5.71. The number of fused-ring (bicyclic) bond motifs is 1. The summed E-state index contributed by atoms with van der Waals surface area (Å²) >= 11 is 0. The van der Waals surface area contributed by atoms with Crippen LogP contribution in [0.25, 0.3) is 0 Å². The lowest BCUT2D eigenvalue weighted by Gasteiger charge is -2.25. The average Bonchev–Trinajstić information content (AvgIpc) is 3.26. The first-order chi connectivity index (χ1) is 19.3. The minimum atomic E-state index is -0.965. The molecule has 7 nitrogen and oxygen atoms in total. The Balaban J connectivity index is 1.37. The van der Waals surface area contributed by atoms with E-state index in [1.165, 1.54) is 0 Å². The highest BCUT2D eigenvalue weighted by Gasteiger charge is 2.34. The lowest BCUT2D eigenvalue weighted by molar-refractivity contribution is -0.127. The molecule has 4 rings (SSSR count). The molecule has 0 bridgehead atoms. The van der Waals surface area contributed by atoms with Crippen LogP contribution in [0.2, 0.25) is 0 Å². The van der Waals surface area contributed by atoms with E-state index in [0.29, 0.717) is 25.2 Å². The molecule has 0 fully saturated rings. The van der Waals surface area contributed by atoms with E-state index in [4.69, 9.17) is 4.74 Å². The number of aliphatic hydroxyl groups is 2. The number of nitrogens with one attached hydrogen (secondary N) is 2. The smallest absolute Gasteiger partial charge is 0.407 e. The number of carbonyl (C=O) groups is 2. The quantitative estimate of drug-likeness (QED) is 0.260. The number of aliphatic hydroxyl groups excluding tert-OH is 2. The predicted octanol–water partition coefficient (Wildman–Crippen LogP) is 4.88. The van der Waals surface area contributed by atoms with Gasteiger partial charge in [-0.1, -0.05) is 98.8 Å². The van der Waals surface area contributed by atoms with Gasteiger partial charge in [0.25, 0.3) is 0 Å². The van der Waals surface area contributed by atoms with Crippen molar-refractivity contribution in [1.82, 2.24) is 10.6 Å². The van der Waals surface area contributed by atoms with Gasteiger partial charge in [0.05, 0.1) is 18.2 Å². The van der Waals surface area contributed by atoms with E-state index in [0.717, 1.165) is 22.3 Å². The molecule has 40 heavy (non-hydrogen) atoms. The van der Waals surface area contributed by atoms with Gasteiger partial charge in [0.15, 0.2) is 0 Å². The number of carbonyl (C=O) groups excluding carboxylic acids is 2. The minimum Gasteiger partial charge on any atom is -0.441 e. The van der Waals surface area contributed by atoms with Gasteiger partial charge in [-0.05, 0) is 47.4 Å². The van der Waals surface area contributed by atoms with Crippen LogP contribution in [0.5, 0.6) is 0 Å². The predicted molar refractivity (Wildman–Crippen MR) is 154 cm³/mol. The van der Waals surface area contributed by atoms with E-state index in [2.05, 4.69) is 24.5 Å². The highest BCUT2D eigenvalue weighted by atomic mass is 16.6. The molecule has 1 aliphatic carbocycles. The van der Waals surface area contributed by atoms with Gasteiger partial charge in [-0.25, -0.2) is 4.79 Å². The number of hydrogen-bond donors (Lipinski definition) is 4. The van der Waals surface area contributed by atoms with Crippen LogP contribution >= 0.6 is 0 Å². The zero-order chi connectivity index (χ0) is 28.5. The summed E-state index contributed by atoms with van der Waals surface area (Å²) in [6.07, 6.45) is -0.951. The Labute approximate surface area is 236 Å². The number of rotatable bonds is 12. The first kappa shape index (κ1) is 29.3. The van der Waals surface area contributed by atoms with Crippen molar-refractivity contribution in [3.05, 3.63) is 107 Å². The molecule has 0 spiro atoms. The van der Waals surface area contributed by atoms with Crippen LogP contribution in [0.1, 0.15) is 61.1 Å². The topological polar surface area (TPSA) is 108 Å². The van der Waals surface area contributed by atoms with Gasteiger partial charge in [0.1, 0.15) is 6.10 Å². The SMILES string of the molecule is CC(C)CC(OC(=O)NC[C@@H](O)C[C@@H](Cc1ccccc1)C(=O)N[C@H]1c2ccccc2C[C@H]1O)c1ccccc1. The standard InChI is InChI=1S/C33H40N2O5/c1-22(2)17-30(24-13-7-4-8-14-24)40-33(39)34-21-27(36)19-26(18-23-11-5-3-6-12-23)32(38)35-31-28-16-10-9-15-25(28)20-29(31)37/h3-16,22,26-27,29-31,36-37H,17-21H2,1-2H3,(H,34,39)(H,35,38)/t26-,27+,29-,30?,31+/m1/s1. The Bertz CT molecular complexity index is 1230. The number of alkyl carbamates (subject to hydrolysis) is 1. The van der Waals surface area contributed by atoms with Crippen LogP contribution in [0.4, 0.5) is 4.79 Å². The molecule has 1 aliphatic rings. The van der Waals surface area contributed by atoms with Gasteiger partial charge < -0.3 is 25.6 Å². The maximum atomic E-state index is 13.5. The van der Waals surface area contributed by atoms with Crippen molar-refractivity contribution >= 4 is 12.0 Å². The number of benzene rings is 3. The fraction of sp³-hybridized carbons (Fsp3) is 0.394. The van der Waals surface area contributed by atoms with Crippen molar-refractivity contribution in [3.8, 4) is 0 Å². The summed E-state index contributed by atoms with van der Waals surface area (Å²) in [6.45, 7) is 4.10. The lowest BCUT2D eigenvalue weighted by atomic mass is 9.92. The molecule has 4 N–H and O–H groups in total. The van der Waals surface area contributed by atoms with Crippen molar-refractivity contribution in [2.24, 2.45) is 11.8 Å². The summed E-state index contributed by atoms with van der Waals surface area (Å²) in [6, 6.07) is 26.4. The van der Waals surface area contributed by atoms with Crippen LogP contribution in [0, 0.1) is 11.8 Å². The van der Waals surface area contributed by atoms with E-state index in [9.17, 15) is 19.8 Å². The van der Waals surface area contributed by atoms with Crippen molar-refractivity contribution in [2.75, 3.05) is 6.54 Å². The second-order valence-corrected chi connectivity index (χ2v) is 11.0. The lowest BCUT2D eigenvalue weighted by Crippen LogP contribution is -2.41. The fourth-order valence-corrected chi connectivity index (χ4v) is 5.33. The molecule has 3 aromatic rings. The van der Waals surface area contributed by atoms with Gasteiger partial charge in [-0.15, -0.1) is 0 Å². The normalized spacial score (nSPS) is 18.4. The van der Waals surface area contributed by atoms with Gasteiger partial charge in [-0.3, -0.25) is 4.79 Å². The van der Waals surface area contributed by atoms with Gasteiger partial charge in [-0.2, -0.15) is 0 Å². The third kappa shape index (κ3) is 8.16. The molecule has 0 radical (unpaired) electrons. The maximum absolute atomic E-state index is 13.5. The second kappa shape index (κ2) is 14.1. The molecule has 5 atom stereocenters. The van der Waals surface area contributed by atoms with Crippen molar-refractivity contribution < 1.29 is 24.5 Å². The third-order valence-corrected chi connectivity index (χ3v) is 7.34. The van der Waals surface area contributed by atoms with Crippen molar-refractivity contribution in [3.63, 3.8) is 0 Å². The molecule has 212 valence electrons. The summed E-state index contributed by atoms with van der Waals surface area (Å²) in [5.41, 5.74) is 3.83. The number of hydrogen-bond acceptors (Lipinski definition) is 5. The molecule has 0 saturated heterocycles. The molecule has 0 heterocycles. The van der Waals surface area contributed by atoms with Gasteiger partial charge in [0.2, 0.25) is 5.91 Å². The Morgan fingerprint density at radius 1 is 0.925 bits per heavy atom. The highest BCUT2D eigenvalue weighted by molar-refractivity contribution is 5.80. The van der Waals surface area contributed by atoms with Gasteiger partial charge >= 0.3 is 6.09 Å². The summed E-state index contributed by atoms with van der Waals surface area (Å²) in [5, 5.41) is 27.2. The molecule has 0 saturated carbocycles. The molecule has 0 aromatic heterocycles. The first-order valence-electron chi connectivity index (χ1n) is 14.1. The maximum Gasteiger partial charge on any atom is 0.407 e. The molecule has 7 heteroatoms. The fourth-order valence-electron chi connectivity index (χ4n) is 5.33. The summed E-state index contributed by atoms with van der Waals surface area (Å²) in [7, 11) is 0. The van der Waals surface area contributed by atoms with E-state index < -0.39 is 36.4 Å². The molecule has 1 unspecified atom stereocenters. The summed E-state index contributed by atoms with van der Waals surface area (Å²) in [5.74, 6) is -0.480. The van der Waals surface area contributed by atoms with Crippen LogP contribution in [0.15, 0.2) is 84.9 Å². The Morgan fingerprint density at radius 3 is 2.27 bits per heavy atom. The number of amides is 2. The minimum absolute atomic E-state index is 0.0462. The van der Waals surface area contributed by atoms with Crippen LogP contribution in [-0.4, -0.2) is 41.0 Å². The zero-order valence-electron chi connectivity index (χ0n) is 23.2. The summed E-state index contributed by atoms with van der Waals surface area (Å²) in [4.78, 5) is 26.1. The molecule has 3 aromatic carbocycles. The third-order valence-electron chi connectivity index (χ3n) is 7.34. The van der Waals surface area contributed by atoms with E-state index in [-0.39, 0.29) is 18.9 Å². The van der Waals surface area contributed by atoms with Crippen LogP contribution in [-0.2, 0) is 22.4 Å². The number of ether oxygens (including phenoxy) is 1. The highest BCUT2D eigenvalue weighted by Crippen LogP contribution is 2.32. The van der Waals surface area contributed by atoms with Crippen LogP contribution in [0.3, 0.4) is 0 Å².